The average Bonchev–Trinajstić information content (AvgIpc) is 3.80. The van der Waals surface area contributed by atoms with Crippen LogP contribution in [0, 0.1) is 0 Å². The SMILES string of the molecule is c1ccc2c(c1)ccc1cc(-c3c4ccccc4c(-c4cc(-c5ccc6oc7ccccc7c6c5)cc5sc6ccccc6c45)c4ccccc34)ccc12. The molecule has 54 heavy (non-hydrogen) atoms. The summed E-state index contributed by atoms with van der Waals surface area (Å²) >= 11 is 1.88. The lowest BCUT2D eigenvalue weighted by molar-refractivity contribution is 0.669. The number of para-hydroxylation sites is 1. The van der Waals surface area contributed by atoms with Crippen molar-refractivity contribution in [3.63, 3.8) is 0 Å². The Morgan fingerprint density at radius 3 is 1.70 bits per heavy atom. The third-order valence-electron chi connectivity index (χ3n) is 11.4. The molecule has 12 rings (SSSR count). The highest BCUT2D eigenvalue weighted by Gasteiger charge is 2.21. The van der Waals surface area contributed by atoms with E-state index in [9.17, 15) is 0 Å². The topological polar surface area (TPSA) is 13.1 Å². The molecule has 0 radical (unpaired) electrons. The van der Waals surface area contributed by atoms with E-state index in [0.717, 1.165) is 21.9 Å². The third kappa shape index (κ3) is 4.32. The fourth-order valence-corrected chi connectivity index (χ4v) is 10.2. The minimum absolute atomic E-state index is 0.914. The summed E-state index contributed by atoms with van der Waals surface area (Å²) < 4.78 is 8.83. The van der Waals surface area contributed by atoms with Gasteiger partial charge >= 0.3 is 0 Å². The number of benzene rings is 10. The van der Waals surface area contributed by atoms with Crippen LogP contribution in [0.15, 0.2) is 186 Å². The van der Waals surface area contributed by atoms with E-state index in [0.29, 0.717) is 0 Å². The fourth-order valence-electron chi connectivity index (χ4n) is 9.02. The second-order valence-corrected chi connectivity index (χ2v) is 15.5. The van der Waals surface area contributed by atoms with E-state index in [1.54, 1.807) is 0 Å². The first-order chi connectivity index (χ1) is 26.8. The summed E-state index contributed by atoms with van der Waals surface area (Å²) in [6.07, 6.45) is 0. The first-order valence-corrected chi connectivity index (χ1v) is 19.3. The van der Waals surface area contributed by atoms with Crippen LogP contribution in [0.4, 0.5) is 0 Å². The molecule has 0 aliphatic rings. The Labute approximate surface area is 314 Å². The number of rotatable bonds is 3. The number of fused-ring (bicyclic) bond motifs is 11. The standard InChI is InChI=1S/C52H30OS/c1-2-12-36-31(11-1)21-22-33-27-34(23-25-37(33)36)50-39-14-3-5-16-41(39)51(42-17-6-4-15-40(42)50)45-29-35(30-49-52(45)43-18-8-10-20-48(43)54-49)32-24-26-47-44(28-32)38-13-7-9-19-46(38)53-47/h1-30H. The molecule has 0 amide bonds. The van der Waals surface area contributed by atoms with Gasteiger partial charge < -0.3 is 4.42 Å². The van der Waals surface area contributed by atoms with Gasteiger partial charge in [0, 0.05) is 30.9 Å². The minimum atomic E-state index is 0.914. The summed E-state index contributed by atoms with van der Waals surface area (Å²) in [6.45, 7) is 0. The van der Waals surface area contributed by atoms with Crippen LogP contribution in [0.3, 0.4) is 0 Å². The van der Waals surface area contributed by atoms with E-state index < -0.39 is 0 Å². The molecule has 0 fully saturated rings. The van der Waals surface area contributed by atoms with Crippen molar-refractivity contribution in [2.75, 3.05) is 0 Å². The highest BCUT2D eigenvalue weighted by Crippen LogP contribution is 2.49. The van der Waals surface area contributed by atoms with Gasteiger partial charge in [0.2, 0.25) is 0 Å². The van der Waals surface area contributed by atoms with Gasteiger partial charge in [-0.15, -0.1) is 11.3 Å². The molecule has 0 saturated carbocycles. The van der Waals surface area contributed by atoms with Gasteiger partial charge in [-0.1, -0.05) is 140 Å². The van der Waals surface area contributed by atoms with Crippen LogP contribution in [0.25, 0.3) is 119 Å². The smallest absolute Gasteiger partial charge is 0.135 e. The molecule has 10 aromatic carbocycles. The molecule has 2 heteroatoms. The highest BCUT2D eigenvalue weighted by molar-refractivity contribution is 7.26. The second-order valence-electron chi connectivity index (χ2n) is 14.4. The Bertz CT molecular complexity index is 3450. The van der Waals surface area contributed by atoms with Crippen LogP contribution in [0.2, 0.25) is 0 Å². The minimum Gasteiger partial charge on any atom is -0.456 e. The molecule has 12 aromatic rings. The molecule has 250 valence electrons. The largest absolute Gasteiger partial charge is 0.456 e. The van der Waals surface area contributed by atoms with Crippen molar-refractivity contribution in [2.24, 2.45) is 0 Å². The van der Waals surface area contributed by atoms with Gasteiger partial charge in [-0.3, -0.25) is 0 Å². The van der Waals surface area contributed by atoms with Gasteiger partial charge in [-0.05, 0) is 119 Å². The van der Waals surface area contributed by atoms with E-state index in [1.165, 1.54) is 96.6 Å². The Morgan fingerprint density at radius 2 is 0.907 bits per heavy atom. The predicted molar refractivity (Wildman–Crippen MR) is 233 cm³/mol. The Morgan fingerprint density at radius 1 is 0.315 bits per heavy atom. The van der Waals surface area contributed by atoms with Crippen molar-refractivity contribution in [3.05, 3.63) is 182 Å². The molecule has 0 N–H and O–H groups in total. The van der Waals surface area contributed by atoms with Crippen molar-refractivity contribution in [2.45, 2.75) is 0 Å². The summed E-state index contributed by atoms with van der Waals surface area (Å²) in [5, 5.41) is 15.0. The van der Waals surface area contributed by atoms with Crippen LogP contribution in [-0.2, 0) is 0 Å². The van der Waals surface area contributed by atoms with Crippen LogP contribution < -0.4 is 0 Å². The summed E-state index contributed by atoms with van der Waals surface area (Å²) in [5.41, 5.74) is 9.28. The molecule has 0 atom stereocenters. The quantitative estimate of drug-likeness (QED) is 0.132. The third-order valence-corrected chi connectivity index (χ3v) is 12.5. The zero-order valence-electron chi connectivity index (χ0n) is 29.1. The predicted octanol–water partition coefficient (Wildman–Crippen LogP) is 15.6. The van der Waals surface area contributed by atoms with Crippen molar-refractivity contribution < 1.29 is 4.42 Å². The molecule has 0 aliphatic heterocycles. The first-order valence-electron chi connectivity index (χ1n) is 18.5. The maximum absolute atomic E-state index is 6.24. The number of hydrogen-bond donors (Lipinski definition) is 0. The summed E-state index contributed by atoms with van der Waals surface area (Å²) in [4.78, 5) is 0. The van der Waals surface area contributed by atoms with Gasteiger partial charge in [0.1, 0.15) is 11.2 Å². The molecule has 0 unspecified atom stereocenters. The van der Waals surface area contributed by atoms with E-state index >= 15 is 0 Å². The monoisotopic (exact) mass is 702 g/mol. The van der Waals surface area contributed by atoms with E-state index in [-0.39, 0.29) is 0 Å². The molecule has 1 nitrogen and oxygen atoms in total. The lowest BCUT2D eigenvalue weighted by atomic mass is 9.83. The average molecular weight is 703 g/mol. The maximum Gasteiger partial charge on any atom is 0.135 e. The van der Waals surface area contributed by atoms with Crippen LogP contribution >= 0.6 is 11.3 Å². The van der Waals surface area contributed by atoms with Crippen LogP contribution in [0.5, 0.6) is 0 Å². The molecule has 0 bridgehead atoms. The van der Waals surface area contributed by atoms with Crippen molar-refractivity contribution in [1.29, 1.82) is 0 Å². The first kappa shape index (κ1) is 29.8. The zero-order chi connectivity index (χ0) is 35.3. The second kappa shape index (κ2) is 11.4. The Kier molecular flexibility index (Phi) is 6.28. The van der Waals surface area contributed by atoms with Gasteiger partial charge in [0.25, 0.3) is 0 Å². The molecule has 0 spiro atoms. The summed E-state index contributed by atoms with van der Waals surface area (Å²) in [7, 11) is 0. The molecular formula is C52H30OS. The summed E-state index contributed by atoms with van der Waals surface area (Å²) in [5.74, 6) is 0. The molecule has 0 saturated heterocycles. The van der Waals surface area contributed by atoms with Crippen molar-refractivity contribution in [3.8, 4) is 33.4 Å². The number of hydrogen-bond acceptors (Lipinski definition) is 2. The zero-order valence-corrected chi connectivity index (χ0v) is 30.0. The molecule has 2 heterocycles. The number of furan rings is 1. The lowest BCUT2D eigenvalue weighted by Gasteiger charge is -2.19. The van der Waals surface area contributed by atoms with E-state index in [1.807, 2.05) is 17.4 Å². The molecule has 0 aliphatic carbocycles. The number of thiophene rings is 1. The van der Waals surface area contributed by atoms with Gasteiger partial charge in [-0.25, -0.2) is 0 Å². The van der Waals surface area contributed by atoms with Gasteiger partial charge in [0.15, 0.2) is 0 Å². The van der Waals surface area contributed by atoms with Crippen molar-refractivity contribution >= 4 is 96.5 Å². The van der Waals surface area contributed by atoms with Crippen molar-refractivity contribution in [1.82, 2.24) is 0 Å². The Balaban J connectivity index is 1.17. The molecular weight excluding hydrogens is 673 g/mol. The van der Waals surface area contributed by atoms with Gasteiger partial charge in [-0.2, -0.15) is 0 Å². The summed E-state index contributed by atoms with van der Waals surface area (Å²) in [6, 6.07) is 67.0. The maximum atomic E-state index is 6.24. The van der Waals surface area contributed by atoms with E-state index in [2.05, 4.69) is 176 Å². The lowest BCUT2D eigenvalue weighted by Crippen LogP contribution is -1.92. The highest BCUT2D eigenvalue weighted by atomic mass is 32.1. The fraction of sp³-hybridized carbons (Fsp3) is 0. The van der Waals surface area contributed by atoms with Gasteiger partial charge in [0.05, 0.1) is 0 Å². The normalized spacial score (nSPS) is 12.1. The van der Waals surface area contributed by atoms with Crippen LogP contribution in [0.1, 0.15) is 0 Å². The molecule has 2 aromatic heterocycles. The van der Waals surface area contributed by atoms with E-state index in [4.69, 9.17) is 4.42 Å². The van der Waals surface area contributed by atoms with Crippen LogP contribution in [-0.4, -0.2) is 0 Å². The Hall–Kier alpha value is -6.74.